The van der Waals surface area contributed by atoms with Gasteiger partial charge in [-0.15, -0.1) is 0 Å². The van der Waals surface area contributed by atoms with E-state index in [0.29, 0.717) is 17.8 Å². The van der Waals surface area contributed by atoms with Crippen LogP contribution in [0.4, 0.5) is 0 Å². The zero-order valence-electron chi connectivity index (χ0n) is 19.1. The highest BCUT2D eigenvalue weighted by Gasteiger charge is 2.37. The molecule has 1 saturated heterocycles. The number of likely N-dealkylation sites (N-methyl/N-ethyl adjacent to an activating group) is 1. The monoisotopic (exact) mass is 401 g/mol. The Morgan fingerprint density at radius 3 is 1.46 bits per heavy atom. The van der Waals surface area contributed by atoms with Crippen LogP contribution in [0.25, 0.3) is 0 Å². The molecule has 1 aliphatic heterocycles. The number of aliphatic hydroxyl groups excluding tert-OH is 4. The highest BCUT2D eigenvalue weighted by molar-refractivity contribution is 4.88. The summed E-state index contributed by atoms with van der Waals surface area (Å²) in [5.74, 6) is 2.48. The molecule has 3 fully saturated rings. The van der Waals surface area contributed by atoms with E-state index in [1.807, 2.05) is 6.92 Å². The fourth-order valence-corrected chi connectivity index (χ4v) is 5.06. The summed E-state index contributed by atoms with van der Waals surface area (Å²) >= 11 is 0. The molecule has 28 heavy (non-hydrogen) atoms. The third-order valence-corrected chi connectivity index (χ3v) is 7.15. The lowest BCUT2D eigenvalue weighted by atomic mass is 10.0. The Morgan fingerprint density at radius 1 is 0.679 bits per heavy atom. The average molecular weight is 402 g/mol. The molecule has 0 bridgehead atoms. The zero-order chi connectivity index (χ0) is 21.4. The summed E-state index contributed by atoms with van der Waals surface area (Å²) in [7, 11) is 2.05. The number of hydrogen-bond donors (Lipinski definition) is 4. The molecule has 3 rings (SSSR count). The van der Waals surface area contributed by atoms with Crippen LogP contribution in [-0.2, 0) is 0 Å². The van der Waals surface area contributed by atoms with Crippen LogP contribution in [-0.4, -0.2) is 69.9 Å². The number of nitrogens with zero attached hydrogens (tertiary/aromatic N) is 1. The molecule has 9 atom stereocenters. The van der Waals surface area contributed by atoms with Gasteiger partial charge < -0.3 is 25.3 Å². The maximum atomic E-state index is 9.38. The Morgan fingerprint density at radius 2 is 1.25 bits per heavy atom. The standard InChI is InChI=1S/C8H16O2.C8H16O.C7H15NO/c1-3-6-4-5(2)7(9)8(6)10;1-3-7-4-6(2)5-8(7)9;1-3-6-4-8(2)5-7(6)9/h5-10H,3-4H2,1-2H3;6-9H,3-5H2,1-2H3;6-7,9H,3-5H2,1-2H3/t5-,6+,7?,8+;6-,7+,8-;6-,7+/m110/s1. The number of likely N-dealkylation sites (tertiary alicyclic amines) is 1. The molecule has 1 unspecified atom stereocenters. The molecule has 5 nitrogen and oxygen atoms in total. The molecule has 2 aliphatic carbocycles. The highest BCUT2D eigenvalue weighted by Crippen LogP contribution is 2.33. The molecule has 0 aromatic rings. The van der Waals surface area contributed by atoms with Crippen molar-refractivity contribution < 1.29 is 20.4 Å². The van der Waals surface area contributed by atoms with Gasteiger partial charge in [-0.05, 0) is 62.3 Å². The predicted octanol–water partition coefficient (Wildman–Crippen LogP) is 2.90. The van der Waals surface area contributed by atoms with Crippen LogP contribution in [0.15, 0.2) is 0 Å². The normalized spacial score (nSPS) is 43.3. The van der Waals surface area contributed by atoms with E-state index in [1.54, 1.807) is 0 Å². The second-order valence-corrected chi connectivity index (χ2v) is 9.63. The van der Waals surface area contributed by atoms with Gasteiger partial charge >= 0.3 is 0 Å². The number of rotatable bonds is 3. The first-order valence-electron chi connectivity index (χ1n) is 11.5. The van der Waals surface area contributed by atoms with Gasteiger partial charge in [-0.1, -0.05) is 47.5 Å². The van der Waals surface area contributed by atoms with Crippen molar-refractivity contribution in [3.8, 4) is 0 Å². The lowest BCUT2D eigenvalue weighted by Crippen LogP contribution is -2.26. The predicted molar refractivity (Wildman–Crippen MR) is 115 cm³/mol. The van der Waals surface area contributed by atoms with Crippen molar-refractivity contribution in [2.45, 2.75) is 97.6 Å². The average Bonchev–Trinajstić information content (AvgIpc) is 3.25. The fourth-order valence-electron chi connectivity index (χ4n) is 5.06. The first-order valence-corrected chi connectivity index (χ1v) is 11.5. The largest absolute Gasteiger partial charge is 0.393 e. The van der Waals surface area contributed by atoms with Crippen molar-refractivity contribution in [2.24, 2.45) is 29.6 Å². The SMILES string of the molecule is CC[C@H]1CN(C)C[C@H]1O.CC[C@H]1C[C@@H](C)C(O)[C@H]1O.CC[C@H]1C[C@@H](C)C[C@H]1O. The minimum absolute atomic E-state index is 0.00463. The second kappa shape index (κ2) is 12.5. The van der Waals surface area contributed by atoms with Crippen LogP contribution in [0.1, 0.15) is 73.1 Å². The van der Waals surface area contributed by atoms with Crippen LogP contribution in [0.5, 0.6) is 0 Å². The molecule has 3 aliphatic rings. The molecule has 0 amide bonds. The van der Waals surface area contributed by atoms with E-state index in [-0.39, 0.29) is 18.1 Å². The van der Waals surface area contributed by atoms with E-state index < -0.39 is 12.2 Å². The lowest BCUT2D eigenvalue weighted by Gasteiger charge is -2.13. The summed E-state index contributed by atoms with van der Waals surface area (Å²) in [6.45, 7) is 12.5. The van der Waals surface area contributed by atoms with Crippen LogP contribution in [0.2, 0.25) is 0 Å². The Labute approximate surface area is 173 Å². The molecule has 168 valence electrons. The summed E-state index contributed by atoms with van der Waals surface area (Å²) in [6.07, 6.45) is 5.43. The smallest absolute Gasteiger partial charge is 0.0829 e. The summed E-state index contributed by atoms with van der Waals surface area (Å²) in [4.78, 5) is 2.18. The van der Waals surface area contributed by atoms with Crippen molar-refractivity contribution >= 4 is 0 Å². The van der Waals surface area contributed by atoms with Gasteiger partial charge in [-0.2, -0.15) is 0 Å². The van der Waals surface area contributed by atoms with Crippen LogP contribution < -0.4 is 0 Å². The van der Waals surface area contributed by atoms with Gasteiger partial charge in [-0.25, -0.2) is 0 Å². The van der Waals surface area contributed by atoms with Crippen LogP contribution >= 0.6 is 0 Å². The molecule has 4 N–H and O–H groups in total. The summed E-state index contributed by atoms with van der Waals surface area (Å²) < 4.78 is 0. The first-order chi connectivity index (χ1) is 13.1. The van der Waals surface area contributed by atoms with Gasteiger partial charge in [0.1, 0.15) is 0 Å². The Balaban J connectivity index is 0.000000210. The number of hydrogen-bond acceptors (Lipinski definition) is 5. The third kappa shape index (κ3) is 7.56. The topological polar surface area (TPSA) is 84.2 Å². The molecule has 0 aromatic carbocycles. The summed E-state index contributed by atoms with van der Waals surface area (Å²) in [5.41, 5.74) is 0. The van der Waals surface area contributed by atoms with Crippen molar-refractivity contribution in [1.82, 2.24) is 4.90 Å². The molecule has 0 radical (unpaired) electrons. The number of β-amino-alcohol motifs (C(OH)–C–C–N with tert-alkyl or cyclic N) is 1. The highest BCUT2D eigenvalue weighted by atomic mass is 16.3. The van der Waals surface area contributed by atoms with Crippen molar-refractivity contribution in [3.05, 3.63) is 0 Å². The lowest BCUT2D eigenvalue weighted by molar-refractivity contribution is 0.00625. The van der Waals surface area contributed by atoms with E-state index in [2.05, 4.69) is 39.6 Å². The minimum atomic E-state index is -0.482. The van der Waals surface area contributed by atoms with E-state index in [0.717, 1.165) is 51.1 Å². The Bertz CT molecular complexity index is 397. The van der Waals surface area contributed by atoms with Crippen molar-refractivity contribution in [2.75, 3.05) is 20.1 Å². The van der Waals surface area contributed by atoms with Gasteiger partial charge in [0.2, 0.25) is 0 Å². The summed E-state index contributed by atoms with van der Waals surface area (Å²) in [5, 5.41) is 37.4. The molecule has 2 saturated carbocycles. The molecule has 1 heterocycles. The zero-order valence-corrected chi connectivity index (χ0v) is 19.1. The van der Waals surface area contributed by atoms with Gasteiger partial charge in [0, 0.05) is 13.1 Å². The van der Waals surface area contributed by atoms with E-state index in [9.17, 15) is 20.4 Å². The van der Waals surface area contributed by atoms with E-state index in [1.165, 1.54) is 6.42 Å². The van der Waals surface area contributed by atoms with Crippen LogP contribution in [0.3, 0.4) is 0 Å². The molecule has 0 aromatic heterocycles. The summed E-state index contributed by atoms with van der Waals surface area (Å²) in [6, 6.07) is 0. The van der Waals surface area contributed by atoms with Gasteiger partial charge in [0.15, 0.2) is 0 Å². The van der Waals surface area contributed by atoms with Crippen molar-refractivity contribution in [1.29, 1.82) is 0 Å². The molecular formula is C23H47NO4. The molecule has 0 spiro atoms. The van der Waals surface area contributed by atoms with E-state index in [4.69, 9.17) is 0 Å². The quantitative estimate of drug-likeness (QED) is 0.584. The molecular weight excluding hydrogens is 354 g/mol. The third-order valence-electron chi connectivity index (χ3n) is 7.15. The Kier molecular flexibility index (Phi) is 11.5. The van der Waals surface area contributed by atoms with Crippen LogP contribution in [0, 0.1) is 29.6 Å². The van der Waals surface area contributed by atoms with Crippen molar-refractivity contribution in [3.63, 3.8) is 0 Å². The van der Waals surface area contributed by atoms with Gasteiger partial charge in [-0.3, -0.25) is 0 Å². The number of aliphatic hydroxyl groups is 4. The molecule has 5 heteroatoms. The first kappa shape index (κ1) is 25.8. The van der Waals surface area contributed by atoms with Gasteiger partial charge in [0.05, 0.1) is 24.4 Å². The fraction of sp³-hybridized carbons (Fsp3) is 1.00. The second-order valence-electron chi connectivity index (χ2n) is 9.63. The minimum Gasteiger partial charge on any atom is -0.393 e. The maximum absolute atomic E-state index is 9.38. The van der Waals surface area contributed by atoms with Gasteiger partial charge in [0.25, 0.3) is 0 Å². The maximum Gasteiger partial charge on any atom is 0.0829 e. The van der Waals surface area contributed by atoms with E-state index >= 15 is 0 Å². The Hall–Kier alpha value is -0.200.